The molecule has 0 bridgehead atoms. The largest absolute Gasteiger partial charge is 0.457 e. The predicted octanol–water partition coefficient (Wildman–Crippen LogP) is 2.82. The molecule has 1 aromatic heterocycles. The van der Waals surface area contributed by atoms with Crippen LogP contribution in [0.25, 0.3) is 11.0 Å². The van der Waals surface area contributed by atoms with Gasteiger partial charge in [-0.1, -0.05) is 10.5 Å². The summed E-state index contributed by atoms with van der Waals surface area (Å²) in [6, 6.07) is 10.7. The van der Waals surface area contributed by atoms with Gasteiger partial charge in [-0.15, -0.1) is 0 Å². The molecule has 162 valence electrons. The van der Waals surface area contributed by atoms with Gasteiger partial charge in [0.15, 0.2) is 0 Å². The highest BCUT2D eigenvalue weighted by atomic mass is 32.2. The van der Waals surface area contributed by atoms with Gasteiger partial charge in [-0.05, 0) is 60.7 Å². The van der Waals surface area contributed by atoms with Crippen molar-refractivity contribution in [3.63, 3.8) is 0 Å². The van der Waals surface area contributed by atoms with E-state index in [1.54, 1.807) is 0 Å². The highest BCUT2D eigenvalue weighted by Gasteiger charge is 2.22. The highest BCUT2D eigenvalue weighted by molar-refractivity contribution is 7.89. The highest BCUT2D eigenvalue weighted by Crippen LogP contribution is 2.29. The summed E-state index contributed by atoms with van der Waals surface area (Å²) in [5.74, 6) is -0.709. The molecule has 1 heterocycles. The molecular weight excluding hydrogens is 422 g/mol. The summed E-state index contributed by atoms with van der Waals surface area (Å²) in [7, 11) is -1.42. The molecule has 0 saturated carbocycles. The van der Waals surface area contributed by atoms with Gasteiger partial charge in [0.05, 0.1) is 17.6 Å². The van der Waals surface area contributed by atoms with E-state index >= 15 is 0 Å². The molecule has 4 rings (SSSR count). The Bertz CT molecular complexity index is 1330. The summed E-state index contributed by atoms with van der Waals surface area (Å²) in [6.07, 6.45) is 2.96. The Labute approximate surface area is 179 Å². The molecule has 0 aliphatic heterocycles. The lowest BCUT2D eigenvalue weighted by atomic mass is 10.0. The van der Waals surface area contributed by atoms with Crippen LogP contribution < -0.4 is 5.63 Å². The maximum absolute atomic E-state index is 12.6. The summed E-state index contributed by atoms with van der Waals surface area (Å²) in [4.78, 5) is 29.2. The van der Waals surface area contributed by atoms with E-state index in [-0.39, 0.29) is 17.1 Å². The molecule has 1 aliphatic carbocycles. The second kappa shape index (κ2) is 8.26. The number of esters is 1. The first kappa shape index (κ1) is 21.2. The van der Waals surface area contributed by atoms with Crippen molar-refractivity contribution in [2.24, 2.45) is 0 Å². The zero-order chi connectivity index (χ0) is 22.2. The molecule has 0 unspecified atom stereocenters. The van der Waals surface area contributed by atoms with E-state index in [0.717, 1.165) is 24.6 Å². The summed E-state index contributed by atoms with van der Waals surface area (Å²) in [5, 5.41) is 0.728. The summed E-state index contributed by atoms with van der Waals surface area (Å²) < 4.78 is 36.2. The summed E-state index contributed by atoms with van der Waals surface area (Å²) in [6.45, 7) is -0.144. The Balaban J connectivity index is 1.59. The predicted molar refractivity (Wildman–Crippen MR) is 112 cm³/mol. The smallest absolute Gasteiger partial charge is 0.338 e. The van der Waals surface area contributed by atoms with E-state index in [4.69, 9.17) is 14.0 Å². The van der Waals surface area contributed by atoms with Crippen molar-refractivity contribution in [2.45, 2.75) is 30.8 Å². The minimum absolute atomic E-state index is 0.0683. The molecule has 0 spiro atoms. The second-order valence-corrected chi connectivity index (χ2v) is 9.20. The van der Waals surface area contributed by atoms with Crippen LogP contribution in [-0.4, -0.2) is 33.0 Å². The molecule has 0 fully saturated rings. The monoisotopic (exact) mass is 443 g/mol. The van der Waals surface area contributed by atoms with Crippen molar-refractivity contribution >= 4 is 27.0 Å². The van der Waals surface area contributed by atoms with E-state index < -0.39 is 21.6 Å². The van der Waals surface area contributed by atoms with Crippen LogP contribution >= 0.6 is 0 Å². The molecule has 0 atom stereocenters. The quantitative estimate of drug-likeness (QED) is 0.328. The van der Waals surface area contributed by atoms with E-state index in [2.05, 4.69) is 0 Å². The minimum Gasteiger partial charge on any atom is -0.457 e. The van der Waals surface area contributed by atoms with Crippen LogP contribution in [0.3, 0.4) is 0 Å². The molecule has 8 nitrogen and oxygen atoms in total. The van der Waals surface area contributed by atoms with E-state index in [0.29, 0.717) is 15.6 Å². The zero-order valence-corrected chi connectivity index (χ0v) is 17.9. The van der Waals surface area contributed by atoms with Crippen LogP contribution in [0.1, 0.15) is 33.5 Å². The fourth-order valence-electron chi connectivity index (χ4n) is 3.67. The molecule has 31 heavy (non-hydrogen) atoms. The van der Waals surface area contributed by atoms with Gasteiger partial charge in [-0.3, -0.25) is 4.84 Å². The average Bonchev–Trinajstić information content (AvgIpc) is 3.22. The molecule has 3 aromatic rings. The van der Waals surface area contributed by atoms with Crippen molar-refractivity contribution in [2.75, 3.05) is 14.2 Å². The third-order valence-corrected chi connectivity index (χ3v) is 7.04. The topological polar surface area (TPSA) is 103 Å². The number of hydrogen-bond donors (Lipinski definition) is 0. The van der Waals surface area contributed by atoms with E-state index in [1.807, 2.05) is 12.1 Å². The minimum atomic E-state index is -3.90. The lowest BCUT2D eigenvalue weighted by molar-refractivity contribution is -0.0258. The lowest BCUT2D eigenvalue weighted by Gasteiger charge is -2.14. The normalized spacial score (nSPS) is 13.5. The number of ether oxygens (including phenoxy) is 1. The number of hydroxylamine groups is 1. The first-order valence-electron chi connectivity index (χ1n) is 9.68. The van der Waals surface area contributed by atoms with Gasteiger partial charge in [-0.25, -0.2) is 18.0 Å². The maximum atomic E-state index is 12.6. The van der Waals surface area contributed by atoms with Gasteiger partial charge in [-0.2, -0.15) is 0 Å². The van der Waals surface area contributed by atoms with Crippen molar-refractivity contribution in [1.82, 2.24) is 4.47 Å². The zero-order valence-electron chi connectivity index (χ0n) is 17.1. The van der Waals surface area contributed by atoms with Crippen LogP contribution in [0.2, 0.25) is 0 Å². The number of aryl methyl sites for hydroxylation is 2. The van der Waals surface area contributed by atoms with Crippen LogP contribution in [-0.2, 0) is 39.0 Å². The van der Waals surface area contributed by atoms with Gasteiger partial charge in [0.1, 0.15) is 12.2 Å². The molecule has 0 saturated heterocycles. The first-order valence-corrected chi connectivity index (χ1v) is 11.1. The number of rotatable bonds is 6. The molecule has 2 aromatic carbocycles. The Morgan fingerprint density at radius 2 is 1.87 bits per heavy atom. The van der Waals surface area contributed by atoms with Crippen molar-refractivity contribution < 1.29 is 27.2 Å². The number of nitrogens with zero attached hydrogens (tertiary/aromatic N) is 1. The lowest BCUT2D eigenvalue weighted by Crippen LogP contribution is -2.25. The fraction of sp³-hybridized carbons (Fsp3) is 0.273. The number of carbonyl (C=O) groups excluding carboxylic acids is 1. The molecule has 1 aliphatic rings. The molecule has 0 radical (unpaired) electrons. The Morgan fingerprint density at radius 1 is 1.13 bits per heavy atom. The van der Waals surface area contributed by atoms with Gasteiger partial charge in [0.25, 0.3) is 10.0 Å². The Kier molecular flexibility index (Phi) is 5.65. The number of carbonyl (C=O) groups is 1. The molecule has 0 N–H and O–H groups in total. The van der Waals surface area contributed by atoms with Crippen molar-refractivity contribution in [1.29, 1.82) is 0 Å². The van der Waals surface area contributed by atoms with Gasteiger partial charge in [0, 0.05) is 24.1 Å². The molecule has 9 heteroatoms. The Morgan fingerprint density at radius 3 is 2.61 bits per heavy atom. The van der Waals surface area contributed by atoms with Gasteiger partial charge in [0.2, 0.25) is 0 Å². The first-order chi connectivity index (χ1) is 14.8. The Hall–Kier alpha value is -3.01. The van der Waals surface area contributed by atoms with Crippen molar-refractivity contribution in [3.8, 4) is 0 Å². The number of hydrogen-bond acceptors (Lipinski definition) is 7. The van der Waals surface area contributed by atoms with Crippen LogP contribution in [0.5, 0.6) is 0 Å². The molecular formula is C22H21NO7S. The summed E-state index contributed by atoms with van der Waals surface area (Å²) >= 11 is 0. The van der Waals surface area contributed by atoms with Crippen LogP contribution in [0.4, 0.5) is 0 Å². The van der Waals surface area contributed by atoms with Gasteiger partial charge >= 0.3 is 11.6 Å². The van der Waals surface area contributed by atoms with E-state index in [1.165, 1.54) is 55.6 Å². The number of fused-ring (bicyclic) bond motifs is 2. The third kappa shape index (κ3) is 4.12. The van der Waals surface area contributed by atoms with E-state index in [9.17, 15) is 18.0 Å². The van der Waals surface area contributed by atoms with Gasteiger partial charge < -0.3 is 9.15 Å². The number of benzene rings is 2. The maximum Gasteiger partial charge on any atom is 0.338 e. The standard InChI is InChI=1S/C22H21NO7S/c1-23(28-2)31(26,27)18-8-4-7-16(9-18)22(25)29-13-17-12-21(24)30-20-11-15-6-3-5-14(15)10-19(17)20/h4,7-12H,3,5-6,13H2,1-2H3. The third-order valence-electron chi connectivity index (χ3n) is 5.36. The average molecular weight is 443 g/mol. The van der Waals surface area contributed by atoms with Crippen LogP contribution in [0, 0.1) is 0 Å². The fourth-order valence-corrected chi connectivity index (χ4v) is 4.69. The summed E-state index contributed by atoms with van der Waals surface area (Å²) in [5.41, 5.74) is 2.93. The van der Waals surface area contributed by atoms with Crippen molar-refractivity contribution in [3.05, 3.63) is 75.1 Å². The number of sulfonamides is 1. The second-order valence-electron chi connectivity index (χ2n) is 7.26. The van der Waals surface area contributed by atoms with Crippen LogP contribution in [0.15, 0.2) is 56.6 Å². The SMILES string of the molecule is CON(C)S(=O)(=O)c1cccc(C(=O)OCc2cc(=O)oc3cc4c(cc23)CCC4)c1. The molecule has 0 amide bonds.